The van der Waals surface area contributed by atoms with Crippen LogP contribution in [0.15, 0.2) is 84.2 Å². The number of fused-ring (bicyclic) bond motifs is 3. The smallest absolute Gasteiger partial charge is 0.262 e. The minimum atomic E-state index is 0.0787. The zero-order valence-corrected chi connectivity index (χ0v) is 19.5. The van der Waals surface area contributed by atoms with Gasteiger partial charge in [-0.15, -0.1) is 11.3 Å². The van der Waals surface area contributed by atoms with Gasteiger partial charge >= 0.3 is 0 Å². The summed E-state index contributed by atoms with van der Waals surface area (Å²) in [6.07, 6.45) is 8.31. The average molecular weight is 468 g/mol. The minimum Gasteiger partial charge on any atom is -0.310 e. The van der Waals surface area contributed by atoms with Gasteiger partial charge < -0.3 is 5.32 Å². The fourth-order valence-corrected chi connectivity index (χ4v) is 5.98. The van der Waals surface area contributed by atoms with Crippen molar-refractivity contribution in [2.75, 3.05) is 0 Å². The van der Waals surface area contributed by atoms with Crippen molar-refractivity contribution in [2.45, 2.75) is 38.4 Å². The summed E-state index contributed by atoms with van der Waals surface area (Å²) in [5, 5.41) is 8.82. The molecule has 0 aliphatic heterocycles. The Labute approximate surface area is 201 Å². The molecule has 7 heteroatoms. The largest absolute Gasteiger partial charge is 0.310 e. The normalized spacial score (nSPS) is 15.5. The van der Waals surface area contributed by atoms with Crippen LogP contribution in [0.3, 0.4) is 0 Å². The summed E-state index contributed by atoms with van der Waals surface area (Å²) >= 11 is 1.68. The lowest BCUT2D eigenvalue weighted by atomic mass is 9.93. The quantitative estimate of drug-likeness (QED) is 0.404. The highest BCUT2D eigenvalue weighted by Crippen LogP contribution is 2.33. The second-order valence-electron chi connectivity index (χ2n) is 8.78. The van der Waals surface area contributed by atoms with Gasteiger partial charge in [0.2, 0.25) is 0 Å². The molecule has 0 saturated carbocycles. The van der Waals surface area contributed by atoms with E-state index in [-0.39, 0.29) is 5.56 Å². The molecule has 1 aliphatic carbocycles. The number of aromatic nitrogens is 4. The number of rotatable bonds is 6. The average Bonchev–Trinajstić information content (AvgIpc) is 3.54. The molecule has 0 saturated heterocycles. The molecule has 0 amide bonds. The van der Waals surface area contributed by atoms with E-state index in [4.69, 9.17) is 0 Å². The molecule has 3 aromatic heterocycles. The zero-order valence-electron chi connectivity index (χ0n) is 18.7. The first-order valence-electron chi connectivity index (χ1n) is 11.6. The third-order valence-electron chi connectivity index (χ3n) is 6.53. The van der Waals surface area contributed by atoms with Crippen molar-refractivity contribution in [2.24, 2.45) is 0 Å². The fourth-order valence-electron chi connectivity index (χ4n) is 4.72. The Morgan fingerprint density at radius 2 is 1.88 bits per heavy atom. The molecule has 0 radical (unpaired) electrons. The van der Waals surface area contributed by atoms with Crippen LogP contribution in [0.4, 0.5) is 0 Å². The lowest BCUT2D eigenvalue weighted by Gasteiger charge is -2.23. The lowest BCUT2D eigenvalue weighted by molar-refractivity contribution is 0.462. The molecule has 2 aromatic carbocycles. The Bertz CT molecular complexity index is 1470. The van der Waals surface area contributed by atoms with Crippen LogP contribution in [-0.4, -0.2) is 25.4 Å². The molecule has 6 nitrogen and oxygen atoms in total. The maximum atomic E-state index is 13.3. The predicted molar refractivity (Wildman–Crippen MR) is 136 cm³/mol. The van der Waals surface area contributed by atoms with Gasteiger partial charge in [-0.3, -0.25) is 9.36 Å². The van der Waals surface area contributed by atoms with E-state index in [0.29, 0.717) is 12.6 Å². The molecule has 3 heterocycles. The molecule has 170 valence electrons. The van der Waals surface area contributed by atoms with Crippen LogP contribution in [0.5, 0.6) is 0 Å². The number of nitrogens with one attached hydrogen (secondary N) is 1. The van der Waals surface area contributed by atoms with Crippen LogP contribution < -0.4 is 10.9 Å². The fraction of sp³-hybridized carbons (Fsp3) is 0.222. The Hall–Kier alpha value is -3.55. The van der Waals surface area contributed by atoms with Crippen molar-refractivity contribution in [1.29, 1.82) is 0 Å². The maximum absolute atomic E-state index is 13.3. The van der Waals surface area contributed by atoms with Crippen LogP contribution in [-0.2, 0) is 25.9 Å². The van der Waals surface area contributed by atoms with Gasteiger partial charge in [0.25, 0.3) is 5.56 Å². The number of hydrogen-bond acceptors (Lipinski definition) is 5. The second-order valence-corrected chi connectivity index (χ2v) is 9.87. The molecule has 1 atom stereocenters. The first kappa shape index (κ1) is 21.0. The molecular formula is C27H25N5OS. The van der Waals surface area contributed by atoms with Crippen molar-refractivity contribution in [3.8, 4) is 5.69 Å². The zero-order chi connectivity index (χ0) is 22.9. The molecule has 0 spiro atoms. The number of hydrogen-bond donors (Lipinski definition) is 1. The van der Waals surface area contributed by atoms with Crippen molar-refractivity contribution in [1.82, 2.24) is 24.6 Å². The summed E-state index contributed by atoms with van der Waals surface area (Å²) in [5.74, 6) is 0. The highest BCUT2D eigenvalue weighted by Gasteiger charge is 2.25. The van der Waals surface area contributed by atoms with E-state index in [1.807, 2.05) is 47.3 Å². The van der Waals surface area contributed by atoms with Crippen LogP contribution in [0.2, 0.25) is 0 Å². The SMILES string of the molecule is O=c1c2c3c(sc2ncn1Cc1ccccc1)CC(NCc1ccc(-n2cccn2)cc1)CC3. The summed E-state index contributed by atoms with van der Waals surface area (Å²) in [6, 6.07) is 20.9. The van der Waals surface area contributed by atoms with E-state index >= 15 is 0 Å². The second kappa shape index (κ2) is 9.00. The minimum absolute atomic E-state index is 0.0787. The van der Waals surface area contributed by atoms with E-state index in [1.165, 1.54) is 16.0 Å². The van der Waals surface area contributed by atoms with Crippen LogP contribution in [0.1, 0.15) is 28.0 Å². The van der Waals surface area contributed by atoms with Gasteiger partial charge in [0.15, 0.2) is 0 Å². The summed E-state index contributed by atoms with van der Waals surface area (Å²) < 4.78 is 3.60. The Kier molecular flexibility index (Phi) is 5.57. The maximum Gasteiger partial charge on any atom is 0.262 e. The van der Waals surface area contributed by atoms with Gasteiger partial charge in [0, 0.05) is 29.9 Å². The van der Waals surface area contributed by atoms with Crippen LogP contribution >= 0.6 is 11.3 Å². The van der Waals surface area contributed by atoms with Crippen LogP contribution in [0.25, 0.3) is 15.9 Å². The molecule has 5 aromatic rings. The first-order chi connectivity index (χ1) is 16.7. The van der Waals surface area contributed by atoms with Gasteiger partial charge in [-0.2, -0.15) is 5.10 Å². The molecule has 34 heavy (non-hydrogen) atoms. The van der Waals surface area contributed by atoms with E-state index < -0.39 is 0 Å². The number of aryl methyl sites for hydroxylation is 1. The summed E-state index contributed by atoms with van der Waals surface area (Å²) in [6.45, 7) is 1.38. The van der Waals surface area contributed by atoms with Crippen molar-refractivity contribution < 1.29 is 0 Å². The third kappa shape index (κ3) is 4.08. The first-order valence-corrected chi connectivity index (χ1v) is 12.4. The van der Waals surface area contributed by atoms with Gasteiger partial charge in [-0.1, -0.05) is 42.5 Å². The lowest BCUT2D eigenvalue weighted by Crippen LogP contribution is -2.33. The summed E-state index contributed by atoms with van der Waals surface area (Å²) in [5.41, 5.74) is 4.71. The standard InChI is InChI=1S/C27H25N5OS/c33-27-25-23-12-9-21(28-16-19-7-10-22(11-8-19)32-14-4-13-30-32)15-24(23)34-26(25)29-18-31(27)17-20-5-2-1-3-6-20/h1-8,10-11,13-14,18,21,28H,9,12,15-17H2. The molecule has 0 bridgehead atoms. The molecular weight excluding hydrogens is 442 g/mol. The van der Waals surface area contributed by atoms with E-state index in [2.05, 4.69) is 39.7 Å². The van der Waals surface area contributed by atoms with Gasteiger partial charge in [-0.05, 0) is 54.2 Å². The van der Waals surface area contributed by atoms with Crippen molar-refractivity contribution in [3.63, 3.8) is 0 Å². The topological polar surface area (TPSA) is 64.7 Å². The molecule has 6 rings (SSSR count). The highest BCUT2D eigenvalue weighted by atomic mass is 32.1. The van der Waals surface area contributed by atoms with Gasteiger partial charge in [-0.25, -0.2) is 9.67 Å². The number of thiophene rings is 1. The monoisotopic (exact) mass is 467 g/mol. The third-order valence-corrected chi connectivity index (χ3v) is 7.69. The Morgan fingerprint density at radius 1 is 1.03 bits per heavy atom. The van der Waals surface area contributed by atoms with Crippen LogP contribution in [0, 0.1) is 0 Å². The Balaban J connectivity index is 1.16. The molecule has 0 fully saturated rings. The predicted octanol–water partition coefficient (Wildman–Crippen LogP) is 4.34. The van der Waals surface area contributed by atoms with Crippen molar-refractivity contribution >= 4 is 21.6 Å². The van der Waals surface area contributed by atoms with E-state index in [0.717, 1.165) is 47.3 Å². The van der Waals surface area contributed by atoms with Crippen molar-refractivity contribution in [3.05, 3.63) is 111 Å². The molecule has 1 N–H and O–H groups in total. The Morgan fingerprint density at radius 3 is 2.68 bits per heavy atom. The van der Waals surface area contributed by atoms with Gasteiger partial charge in [0.1, 0.15) is 4.83 Å². The van der Waals surface area contributed by atoms with Gasteiger partial charge in [0.05, 0.1) is 23.9 Å². The van der Waals surface area contributed by atoms with E-state index in [1.54, 1.807) is 28.4 Å². The van der Waals surface area contributed by atoms with E-state index in [9.17, 15) is 4.79 Å². The highest BCUT2D eigenvalue weighted by molar-refractivity contribution is 7.18. The molecule has 1 aliphatic rings. The number of benzene rings is 2. The summed E-state index contributed by atoms with van der Waals surface area (Å²) in [7, 11) is 0. The number of nitrogens with zero attached hydrogens (tertiary/aromatic N) is 4. The molecule has 1 unspecified atom stereocenters. The summed E-state index contributed by atoms with van der Waals surface area (Å²) in [4.78, 5) is 20.1.